The summed E-state index contributed by atoms with van der Waals surface area (Å²) in [5, 5.41) is 3.16. The number of benzene rings is 3. The molecule has 0 saturated carbocycles. The van der Waals surface area contributed by atoms with Gasteiger partial charge in [0.15, 0.2) is 6.61 Å². The van der Waals surface area contributed by atoms with Crippen molar-refractivity contribution in [2.45, 2.75) is 13.5 Å². The average Bonchev–Trinajstić information content (AvgIpc) is 2.79. The van der Waals surface area contributed by atoms with Crippen LogP contribution in [0.3, 0.4) is 0 Å². The van der Waals surface area contributed by atoms with E-state index in [1.54, 1.807) is 24.3 Å². The maximum Gasteiger partial charge on any atom is 0.258 e. The van der Waals surface area contributed by atoms with Gasteiger partial charge in [0.05, 0.1) is 5.39 Å². The predicted molar refractivity (Wildman–Crippen MR) is 118 cm³/mol. The van der Waals surface area contributed by atoms with E-state index in [4.69, 9.17) is 13.9 Å². The van der Waals surface area contributed by atoms with Crippen LogP contribution in [0, 0.1) is 6.92 Å². The smallest absolute Gasteiger partial charge is 0.258 e. The zero-order valence-electron chi connectivity index (χ0n) is 17.0. The minimum atomic E-state index is -0.282. The summed E-state index contributed by atoms with van der Waals surface area (Å²) in [6, 6.07) is 21.8. The van der Waals surface area contributed by atoms with Gasteiger partial charge in [0.25, 0.3) is 5.91 Å². The molecule has 156 valence electrons. The van der Waals surface area contributed by atoms with Crippen molar-refractivity contribution in [3.05, 3.63) is 100 Å². The third kappa shape index (κ3) is 5.11. The molecular weight excluding hydrogens is 394 g/mol. The Morgan fingerprint density at radius 1 is 0.968 bits per heavy atom. The first-order chi connectivity index (χ1) is 15.1. The van der Waals surface area contributed by atoms with Crippen LogP contribution >= 0.6 is 0 Å². The molecule has 0 aliphatic heterocycles. The van der Waals surface area contributed by atoms with Crippen LogP contribution in [-0.4, -0.2) is 12.5 Å². The molecule has 1 aromatic heterocycles. The van der Waals surface area contributed by atoms with Crippen LogP contribution in [0.1, 0.15) is 11.1 Å². The summed E-state index contributed by atoms with van der Waals surface area (Å²) in [5.41, 5.74) is 2.10. The van der Waals surface area contributed by atoms with Gasteiger partial charge >= 0.3 is 0 Å². The zero-order valence-corrected chi connectivity index (χ0v) is 17.0. The number of hydrogen-bond donors (Lipinski definition) is 1. The van der Waals surface area contributed by atoms with Gasteiger partial charge in [0, 0.05) is 12.6 Å². The molecule has 1 N–H and O–H groups in total. The van der Waals surface area contributed by atoms with Crippen molar-refractivity contribution in [3.8, 4) is 17.2 Å². The van der Waals surface area contributed by atoms with E-state index in [0.29, 0.717) is 29.0 Å². The van der Waals surface area contributed by atoms with Crippen LogP contribution in [-0.2, 0) is 11.3 Å². The van der Waals surface area contributed by atoms with Crippen LogP contribution in [0.2, 0.25) is 0 Å². The molecular formula is C25H21NO5. The maximum atomic E-state index is 12.7. The first kappa shape index (κ1) is 20.2. The lowest BCUT2D eigenvalue weighted by Gasteiger charge is -2.09. The zero-order chi connectivity index (χ0) is 21.6. The third-order valence-corrected chi connectivity index (χ3v) is 4.63. The van der Waals surface area contributed by atoms with Crippen molar-refractivity contribution >= 4 is 16.9 Å². The van der Waals surface area contributed by atoms with Gasteiger partial charge < -0.3 is 19.2 Å². The molecule has 0 radical (unpaired) electrons. The van der Waals surface area contributed by atoms with Gasteiger partial charge in [-0.05, 0) is 42.3 Å². The lowest BCUT2D eigenvalue weighted by molar-refractivity contribution is -0.123. The highest BCUT2D eigenvalue weighted by atomic mass is 16.5. The molecule has 0 aliphatic carbocycles. The van der Waals surface area contributed by atoms with Crippen LogP contribution in [0.4, 0.5) is 0 Å². The fraction of sp³-hybridized carbons (Fsp3) is 0.120. The Morgan fingerprint density at radius 3 is 2.61 bits per heavy atom. The number of nitrogens with one attached hydrogen (secondary N) is 1. The Kier molecular flexibility index (Phi) is 5.98. The fourth-order valence-electron chi connectivity index (χ4n) is 3.05. The van der Waals surface area contributed by atoms with E-state index in [-0.39, 0.29) is 23.7 Å². The highest BCUT2D eigenvalue weighted by Gasteiger charge is 2.11. The summed E-state index contributed by atoms with van der Waals surface area (Å²) in [5.74, 6) is 0.852. The van der Waals surface area contributed by atoms with E-state index < -0.39 is 0 Å². The van der Waals surface area contributed by atoms with Crippen molar-refractivity contribution < 1.29 is 18.7 Å². The normalized spacial score (nSPS) is 10.6. The molecule has 4 rings (SSSR count). The highest BCUT2D eigenvalue weighted by molar-refractivity contribution is 5.80. The number of ether oxygens (including phenoxy) is 2. The summed E-state index contributed by atoms with van der Waals surface area (Å²) in [6.07, 6.45) is 1.28. The maximum absolute atomic E-state index is 12.7. The standard InChI is InChI=1S/C25H21NO5/c1-17-6-5-9-20(12-17)31-23-15-30-22-13-19(10-11-21(22)25(23)28)29-16-24(27)26-14-18-7-3-2-4-8-18/h2-13,15H,14,16H2,1H3,(H,26,27). The number of rotatable bonds is 7. The minimum Gasteiger partial charge on any atom is -0.484 e. The molecule has 0 aliphatic rings. The largest absolute Gasteiger partial charge is 0.484 e. The molecule has 0 fully saturated rings. The quantitative estimate of drug-likeness (QED) is 0.478. The second-order valence-corrected chi connectivity index (χ2v) is 7.06. The lowest BCUT2D eigenvalue weighted by atomic mass is 10.2. The summed E-state index contributed by atoms with van der Waals surface area (Å²) in [7, 11) is 0. The second-order valence-electron chi connectivity index (χ2n) is 7.06. The molecule has 31 heavy (non-hydrogen) atoms. The average molecular weight is 415 g/mol. The number of carbonyl (C=O) groups is 1. The van der Waals surface area contributed by atoms with E-state index in [1.165, 1.54) is 6.26 Å². The van der Waals surface area contributed by atoms with Crippen molar-refractivity contribution in [3.63, 3.8) is 0 Å². The Bertz CT molecular complexity index is 1260. The molecule has 0 unspecified atom stereocenters. The summed E-state index contributed by atoms with van der Waals surface area (Å²) in [6.45, 7) is 2.23. The Labute approximate surface area is 179 Å². The molecule has 1 amide bonds. The first-order valence-corrected chi connectivity index (χ1v) is 9.82. The SMILES string of the molecule is Cc1cccc(Oc2coc3cc(OCC(=O)NCc4ccccc4)ccc3c2=O)c1. The first-order valence-electron chi connectivity index (χ1n) is 9.82. The summed E-state index contributed by atoms with van der Waals surface area (Å²) < 4.78 is 16.8. The third-order valence-electron chi connectivity index (χ3n) is 4.63. The summed E-state index contributed by atoms with van der Waals surface area (Å²) in [4.78, 5) is 24.7. The molecule has 0 atom stereocenters. The predicted octanol–water partition coefficient (Wildman–Crippen LogP) is 4.59. The second kappa shape index (κ2) is 9.17. The molecule has 0 bridgehead atoms. The van der Waals surface area contributed by atoms with E-state index in [1.807, 2.05) is 55.5 Å². The lowest BCUT2D eigenvalue weighted by Crippen LogP contribution is -2.28. The van der Waals surface area contributed by atoms with Crippen molar-refractivity contribution in [1.29, 1.82) is 0 Å². The van der Waals surface area contributed by atoms with Crippen LogP contribution in [0.5, 0.6) is 17.2 Å². The summed E-state index contributed by atoms with van der Waals surface area (Å²) >= 11 is 0. The van der Waals surface area contributed by atoms with Gasteiger partial charge in [-0.2, -0.15) is 0 Å². The van der Waals surface area contributed by atoms with Gasteiger partial charge in [0.1, 0.15) is 23.3 Å². The van der Waals surface area contributed by atoms with E-state index in [0.717, 1.165) is 11.1 Å². The van der Waals surface area contributed by atoms with E-state index in [9.17, 15) is 9.59 Å². The van der Waals surface area contributed by atoms with Crippen molar-refractivity contribution in [2.75, 3.05) is 6.61 Å². The van der Waals surface area contributed by atoms with Gasteiger partial charge in [-0.3, -0.25) is 9.59 Å². The van der Waals surface area contributed by atoms with Crippen molar-refractivity contribution in [2.24, 2.45) is 0 Å². The van der Waals surface area contributed by atoms with Gasteiger partial charge in [-0.15, -0.1) is 0 Å². The Balaban J connectivity index is 1.41. The minimum absolute atomic E-state index is 0.104. The van der Waals surface area contributed by atoms with E-state index >= 15 is 0 Å². The molecule has 3 aromatic carbocycles. The highest BCUT2D eigenvalue weighted by Crippen LogP contribution is 2.24. The molecule has 6 nitrogen and oxygen atoms in total. The van der Waals surface area contributed by atoms with E-state index in [2.05, 4.69) is 5.32 Å². The topological polar surface area (TPSA) is 77.8 Å². The van der Waals surface area contributed by atoms with Crippen molar-refractivity contribution in [1.82, 2.24) is 5.32 Å². The molecule has 1 heterocycles. The van der Waals surface area contributed by atoms with Gasteiger partial charge in [-0.1, -0.05) is 42.5 Å². The number of fused-ring (bicyclic) bond motifs is 1. The van der Waals surface area contributed by atoms with Gasteiger partial charge in [-0.25, -0.2) is 0 Å². The molecule has 0 saturated heterocycles. The monoisotopic (exact) mass is 415 g/mol. The molecule has 4 aromatic rings. The fourth-order valence-corrected chi connectivity index (χ4v) is 3.05. The van der Waals surface area contributed by atoms with Crippen LogP contribution in [0.15, 0.2) is 88.3 Å². The Morgan fingerprint density at radius 2 is 1.81 bits per heavy atom. The number of aryl methyl sites for hydroxylation is 1. The molecule has 0 spiro atoms. The molecule has 6 heteroatoms. The Hall–Kier alpha value is -4.06. The van der Waals surface area contributed by atoms with Crippen LogP contribution < -0.4 is 20.2 Å². The number of hydrogen-bond acceptors (Lipinski definition) is 5. The number of carbonyl (C=O) groups excluding carboxylic acids is 1. The van der Waals surface area contributed by atoms with Gasteiger partial charge in [0.2, 0.25) is 11.2 Å². The number of amides is 1. The van der Waals surface area contributed by atoms with Crippen LogP contribution in [0.25, 0.3) is 11.0 Å².